The average molecular weight is 324 g/mol. The van der Waals surface area contributed by atoms with E-state index in [1.165, 1.54) is 0 Å². The van der Waals surface area contributed by atoms with Crippen LogP contribution in [0.4, 0.5) is 0 Å². The second kappa shape index (κ2) is 4.66. The number of nitrogens with zero attached hydrogens (tertiary/aromatic N) is 4. The Balaban J connectivity index is 2.02. The molecule has 0 saturated heterocycles. The van der Waals surface area contributed by atoms with Crippen molar-refractivity contribution in [3.63, 3.8) is 0 Å². The molecule has 0 radical (unpaired) electrons. The molecular weight excluding hydrogens is 316 g/mol. The van der Waals surface area contributed by atoms with E-state index in [0.717, 1.165) is 15.9 Å². The van der Waals surface area contributed by atoms with Crippen LogP contribution in [-0.2, 0) is 6.42 Å². The molecule has 2 aromatic heterocycles. The summed E-state index contributed by atoms with van der Waals surface area (Å²) in [6, 6.07) is 11.6. The van der Waals surface area contributed by atoms with Gasteiger partial charge in [-0.25, -0.2) is 0 Å². The van der Waals surface area contributed by atoms with E-state index in [-0.39, 0.29) is 0 Å². The summed E-state index contributed by atoms with van der Waals surface area (Å²) in [5.74, 6) is 0.769. The summed E-state index contributed by atoms with van der Waals surface area (Å²) in [5.41, 5.74) is 1.84. The molecule has 6 heteroatoms. The molecule has 0 atom stereocenters. The Morgan fingerprint density at radius 2 is 2.06 bits per heavy atom. The molecule has 2 heterocycles. The Hall–Kier alpha value is -1.46. The molecule has 3 rings (SSSR count). The highest BCUT2D eigenvalue weighted by molar-refractivity contribution is 9.10. The van der Waals surface area contributed by atoms with Gasteiger partial charge in [-0.15, -0.1) is 10.2 Å². The normalized spacial score (nSPS) is 11.0. The highest BCUT2D eigenvalue weighted by Crippen LogP contribution is 2.15. The predicted molar refractivity (Wildman–Crippen MR) is 72.7 cm³/mol. The Labute approximate surface area is 117 Å². The fraction of sp³-hybridized carbons (Fsp3) is 0.0833. The Morgan fingerprint density at radius 1 is 1.17 bits per heavy atom. The van der Waals surface area contributed by atoms with Gasteiger partial charge in [0.25, 0.3) is 0 Å². The van der Waals surface area contributed by atoms with E-state index < -0.39 is 0 Å². The van der Waals surface area contributed by atoms with Crippen LogP contribution >= 0.6 is 27.5 Å². The van der Waals surface area contributed by atoms with E-state index in [1.54, 1.807) is 16.6 Å². The maximum Gasteiger partial charge on any atom is 0.178 e. The first-order valence-electron chi connectivity index (χ1n) is 5.34. The highest BCUT2D eigenvalue weighted by Gasteiger charge is 2.08. The summed E-state index contributed by atoms with van der Waals surface area (Å²) in [5, 5.41) is 12.8. The van der Waals surface area contributed by atoms with Crippen LogP contribution in [0.2, 0.25) is 5.15 Å². The third kappa shape index (κ3) is 2.23. The molecule has 4 nitrogen and oxygen atoms in total. The van der Waals surface area contributed by atoms with Crippen LogP contribution < -0.4 is 0 Å². The molecule has 0 bridgehead atoms. The van der Waals surface area contributed by atoms with Crippen molar-refractivity contribution < 1.29 is 0 Å². The first kappa shape index (κ1) is 11.6. The largest absolute Gasteiger partial charge is 0.196 e. The van der Waals surface area contributed by atoms with Crippen LogP contribution in [0.15, 0.2) is 40.9 Å². The second-order valence-corrected chi connectivity index (χ2v) is 5.15. The lowest BCUT2D eigenvalue weighted by Gasteiger charge is -2.00. The van der Waals surface area contributed by atoms with E-state index in [2.05, 4.69) is 31.2 Å². The van der Waals surface area contributed by atoms with Gasteiger partial charge in [0.2, 0.25) is 0 Å². The summed E-state index contributed by atoms with van der Waals surface area (Å²) >= 11 is 9.33. The van der Waals surface area contributed by atoms with Gasteiger partial charge in [-0.1, -0.05) is 39.7 Å². The van der Waals surface area contributed by atoms with Gasteiger partial charge in [-0.05, 0) is 29.8 Å². The van der Waals surface area contributed by atoms with Crippen molar-refractivity contribution in [3.8, 4) is 0 Å². The van der Waals surface area contributed by atoms with Crippen LogP contribution in [0.1, 0.15) is 11.4 Å². The van der Waals surface area contributed by atoms with E-state index in [4.69, 9.17) is 11.6 Å². The number of halogens is 2. The third-order valence-electron chi connectivity index (χ3n) is 2.55. The lowest BCUT2D eigenvalue weighted by Crippen LogP contribution is -2.00. The summed E-state index contributed by atoms with van der Waals surface area (Å²) in [7, 11) is 0. The summed E-state index contributed by atoms with van der Waals surface area (Å²) in [6.45, 7) is 0. The molecule has 1 aromatic carbocycles. The Morgan fingerprint density at radius 3 is 2.89 bits per heavy atom. The zero-order chi connectivity index (χ0) is 12.5. The summed E-state index contributed by atoms with van der Waals surface area (Å²) in [6.07, 6.45) is 0.661. The number of aromatic nitrogens is 4. The molecular formula is C12H8BrClN4. The van der Waals surface area contributed by atoms with Gasteiger partial charge in [-0.2, -0.15) is 9.61 Å². The first-order valence-corrected chi connectivity index (χ1v) is 6.51. The fourth-order valence-corrected chi connectivity index (χ4v) is 2.34. The minimum Gasteiger partial charge on any atom is -0.196 e. The summed E-state index contributed by atoms with van der Waals surface area (Å²) in [4.78, 5) is 0. The van der Waals surface area contributed by atoms with Crippen LogP contribution in [-0.4, -0.2) is 19.8 Å². The van der Waals surface area contributed by atoms with Gasteiger partial charge in [0, 0.05) is 10.9 Å². The summed E-state index contributed by atoms with van der Waals surface area (Å²) < 4.78 is 2.71. The van der Waals surface area contributed by atoms with Gasteiger partial charge >= 0.3 is 0 Å². The van der Waals surface area contributed by atoms with Crippen molar-refractivity contribution in [2.45, 2.75) is 6.42 Å². The molecule has 0 aliphatic carbocycles. The van der Waals surface area contributed by atoms with Gasteiger partial charge in [0.15, 0.2) is 11.5 Å². The zero-order valence-electron chi connectivity index (χ0n) is 9.22. The Bertz CT molecular complexity index is 710. The number of hydrogen-bond acceptors (Lipinski definition) is 3. The van der Waals surface area contributed by atoms with Gasteiger partial charge < -0.3 is 0 Å². The smallest absolute Gasteiger partial charge is 0.178 e. The van der Waals surface area contributed by atoms with Gasteiger partial charge in [-0.3, -0.25) is 0 Å². The molecule has 0 N–H and O–H groups in total. The van der Waals surface area contributed by atoms with E-state index >= 15 is 0 Å². The topological polar surface area (TPSA) is 43.1 Å². The lowest BCUT2D eigenvalue weighted by atomic mass is 10.1. The Kier molecular flexibility index (Phi) is 3.01. The van der Waals surface area contributed by atoms with Crippen LogP contribution in [0.3, 0.4) is 0 Å². The zero-order valence-corrected chi connectivity index (χ0v) is 11.6. The molecule has 0 amide bonds. The first-order chi connectivity index (χ1) is 8.72. The van der Waals surface area contributed by atoms with Crippen molar-refractivity contribution in [2.24, 2.45) is 0 Å². The van der Waals surface area contributed by atoms with E-state index in [9.17, 15) is 0 Å². The SMILES string of the molecule is Clc1ccc2nnc(Cc3cccc(Br)c3)n2n1. The van der Waals surface area contributed by atoms with Crippen LogP contribution in [0.25, 0.3) is 5.65 Å². The molecule has 18 heavy (non-hydrogen) atoms. The maximum absolute atomic E-state index is 5.88. The van der Waals surface area contributed by atoms with Gasteiger partial charge in [0.1, 0.15) is 5.15 Å². The van der Waals surface area contributed by atoms with E-state index in [1.807, 2.05) is 24.3 Å². The van der Waals surface area contributed by atoms with Crippen LogP contribution in [0, 0.1) is 0 Å². The molecule has 0 spiro atoms. The molecule has 90 valence electrons. The van der Waals surface area contributed by atoms with Crippen LogP contribution in [0.5, 0.6) is 0 Å². The number of rotatable bonds is 2. The second-order valence-electron chi connectivity index (χ2n) is 3.85. The quantitative estimate of drug-likeness (QED) is 0.727. The molecule has 0 aliphatic rings. The minimum atomic E-state index is 0.429. The number of hydrogen-bond donors (Lipinski definition) is 0. The standard InChI is InChI=1S/C12H8BrClN4/c13-9-3-1-2-8(6-9)7-12-16-15-11-5-4-10(14)17-18(11)12/h1-6H,7H2. The molecule has 3 aromatic rings. The molecule has 0 fully saturated rings. The van der Waals surface area contributed by atoms with Crippen molar-refractivity contribution in [2.75, 3.05) is 0 Å². The molecule has 0 saturated carbocycles. The van der Waals surface area contributed by atoms with Crippen molar-refractivity contribution in [1.82, 2.24) is 19.8 Å². The predicted octanol–water partition coefficient (Wildman–Crippen LogP) is 3.13. The number of benzene rings is 1. The minimum absolute atomic E-state index is 0.429. The average Bonchev–Trinajstić information content (AvgIpc) is 2.72. The third-order valence-corrected chi connectivity index (χ3v) is 3.24. The monoisotopic (exact) mass is 322 g/mol. The maximum atomic E-state index is 5.88. The van der Waals surface area contributed by atoms with Crippen molar-refractivity contribution >= 4 is 33.2 Å². The van der Waals surface area contributed by atoms with Crippen molar-refractivity contribution in [1.29, 1.82) is 0 Å². The van der Waals surface area contributed by atoms with E-state index in [0.29, 0.717) is 17.2 Å². The highest BCUT2D eigenvalue weighted by atomic mass is 79.9. The van der Waals surface area contributed by atoms with Crippen molar-refractivity contribution in [3.05, 3.63) is 57.4 Å². The lowest BCUT2D eigenvalue weighted by molar-refractivity contribution is 0.838. The fourth-order valence-electron chi connectivity index (χ4n) is 1.75. The molecule has 0 aliphatic heterocycles. The number of fused-ring (bicyclic) bond motifs is 1. The molecule has 0 unspecified atom stereocenters. The van der Waals surface area contributed by atoms with Gasteiger partial charge in [0.05, 0.1) is 0 Å².